The average Bonchev–Trinajstić information content (AvgIpc) is 3.01. The van der Waals surface area contributed by atoms with Crippen LogP contribution in [-0.4, -0.2) is 15.0 Å². The first kappa shape index (κ1) is 44.9. The van der Waals surface area contributed by atoms with Gasteiger partial charge < -0.3 is 10.6 Å². The van der Waals surface area contributed by atoms with Crippen molar-refractivity contribution < 1.29 is 28.5 Å². The predicted molar refractivity (Wildman–Crippen MR) is 220 cm³/mol. The minimum absolute atomic E-state index is 0. The van der Waals surface area contributed by atoms with Crippen molar-refractivity contribution in [1.82, 2.24) is 0 Å². The Morgan fingerprint density at radius 2 is 1.33 bits per heavy atom. The molecule has 3 N–H and O–H groups in total. The van der Waals surface area contributed by atoms with Crippen molar-refractivity contribution in [2.75, 3.05) is 0 Å². The number of hydrogen-bond donors (Lipinski definition) is 1. The number of allylic oxidation sites excluding steroid dienone is 6. The molecule has 0 fully saturated rings. The van der Waals surface area contributed by atoms with Crippen LogP contribution in [0.1, 0.15) is 153 Å². The second-order valence-electron chi connectivity index (χ2n) is 18.7. The first-order chi connectivity index (χ1) is 23.0. The van der Waals surface area contributed by atoms with E-state index in [0.717, 1.165) is 6.42 Å². The Balaban J connectivity index is 0.000000348. The second-order valence-corrected chi connectivity index (χ2v) is 20.3. The summed E-state index contributed by atoms with van der Waals surface area (Å²) in [6.07, 6.45) is 3.50. The van der Waals surface area contributed by atoms with Crippen molar-refractivity contribution in [3.63, 3.8) is 0 Å². The maximum atomic E-state index is 11.4. The maximum absolute atomic E-state index is 11.4. The summed E-state index contributed by atoms with van der Waals surface area (Å²) < 4.78 is 7.59. The van der Waals surface area contributed by atoms with E-state index in [2.05, 4.69) is 177 Å². The van der Waals surface area contributed by atoms with Gasteiger partial charge in [0.05, 0.1) is 5.76 Å². The van der Waals surface area contributed by atoms with E-state index in [1.165, 1.54) is 39.1 Å². The molecule has 0 amide bonds. The van der Waals surface area contributed by atoms with Crippen LogP contribution in [-0.2, 0) is 23.3 Å². The largest absolute Gasteiger partial charge is 0.512 e. The molecule has 0 aromatic heterocycles. The van der Waals surface area contributed by atoms with Crippen molar-refractivity contribution >= 4 is 10.1 Å². The SMILES string of the molecule is CC(C)c1cccc(C(C)C)c1[N]=[Mo]=[CH]C(C)(C)c1ccccc1.CC1=C(C)C([C@@H]2C(C)C(C(C)(C)C)=C[C@H](C)[C@@H]2C)=C(O)[C@@H](C(C)(C)C)C1.O. The van der Waals surface area contributed by atoms with Gasteiger partial charge in [0.25, 0.3) is 0 Å². The molecule has 0 spiro atoms. The molecule has 2 aliphatic carbocycles. The van der Waals surface area contributed by atoms with Gasteiger partial charge in [-0.3, -0.25) is 0 Å². The summed E-state index contributed by atoms with van der Waals surface area (Å²) >= 11 is -0.553. The summed E-state index contributed by atoms with van der Waals surface area (Å²) in [7, 11) is 0. The molecule has 284 valence electrons. The van der Waals surface area contributed by atoms with Crippen LogP contribution in [0, 0.1) is 40.4 Å². The van der Waals surface area contributed by atoms with E-state index in [-0.39, 0.29) is 27.6 Å². The third-order valence-corrected chi connectivity index (χ3v) is 14.0. The fraction of sp³-hybridized carbons (Fsp3) is 0.596. The number of hydrogen-bond acceptors (Lipinski definition) is 2. The molecule has 0 radical (unpaired) electrons. The minimum Gasteiger partial charge on any atom is -0.512 e. The second kappa shape index (κ2) is 17.7. The van der Waals surface area contributed by atoms with E-state index in [1.807, 2.05) is 0 Å². The summed E-state index contributed by atoms with van der Waals surface area (Å²) in [6, 6.07) is 17.4. The van der Waals surface area contributed by atoms with E-state index in [0.29, 0.717) is 41.3 Å². The summed E-state index contributed by atoms with van der Waals surface area (Å²) in [4.78, 5) is 0. The van der Waals surface area contributed by atoms with Gasteiger partial charge in [-0.05, 0) is 65.9 Å². The third-order valence-electron chi connectivity index (χ3n) is 11.6. The molecular weight excluding hydrogens is 706 g/mol. The molecule has 51 heavy (non-hydrogen) atoms. The first-order valence-corrected chi connectivity index (χ1v) is 21.3. The molecule has 1 unspecified atom stereocenters. The van der Waals surface area contributed by atoms with Crippen molar-refractivity contribution in [3.8, 4) is 0 Å². The molecule has 5 atom stereocenters. The smallest absolute Gasteiger partial charge is 0.0999 e. The molecule has 0 bridgehead atoms. The Morgan fingerprint density at radius 3 is 1.80 bits per heavy atom. The van der Waals surface area contributed by atoms with E-state index in [1.54, 1.807) is 5.57 Å². The van der Waals surface area contributed by atoms with Gasteiger partial charge in [0.2, 0.25) is 0 Å². The van der Waals surface area contributed by atoms with Crippen LogP contribution in [0.25, 0.3) is 0 Å². The van der Waals surface area contributed by atoms with E-state index < -0.39 is 17.9 Å². The predicted octanol–water partition coefficient (Wildman–Crippen LogP) is 13.5. The number of benzene rings is 2. The van der Waals surface area contributed by atoms with Gasteiger partial charge in [-0.15, -0.1) is 0 Å². The van der Waals surface area contributed by atoms with E-state index in [9.17, 15) is 5.11 Å². The fourth-order valence-corrected chi connectivity index (χ4v) is 9.96. The zero-order chi connectivity index (χ0) is 37.9. The molecule has 4 rings (SSSR count). The quantitative estimate of drug-likeness (QED) is 0.230. The van der Waals surface area contributed by atoms with Gasteiger partial charge in [0, 0.05) is 5.92 Å². The van der Waals surface area contributed by atoms with Crippen LogP contribution < -0.4 is 0 Å². The molecule has 0 saturated heterocycles. The van der Waals surface area contributed by atoms with Crippen molar-refractivity contribution in [2.24, 2.45) is 43.9 Å². The van der Waals surface area contributed by atoms with Crippen LogP contribution in [0.4, 0.5) is 5.69 Å². The van der Waals surface area contributed by atoms with Crippen LogP contribution in [0.2, 0.25) is 0 Å². The number of aliphatic hydroxyl groups is 1. The topological polar surface area (TPSA) is 64.1 Å². The standard InChI is InChI=1S/C25H42O.C12H17N.C10H12.Mo.H2O/c1-14-12-19(24(6,7)8)18(5)21(16(14)3)22-17(4)15(2)13-20(23(22)26)25(9,10)11;1-8(2)10-6-5-7-11(9(3)4)12(10)13;1-10(2,3)9-7-5-4-6-8-9;;/h12,14,16,18,20-21,26H,13H2,1-11H3;5-9H,1-4H3;1,4-8H,2-3H3;;1H2/t14-,16-,18?,20-,21-;;;;/m0..../s1. The Kier molecular flexibility index (Phi) is 15.6. The zero-order valence-corrected chi connectivity index (χ0v) is 37.3. The number of aliphatic hydroxyl groups excluding tert-OH is 1. The zero-order valence-electron chi connectivity index (χ0n) is 35.3. The van der Waals surface area contributed by atoms with Crippen LogP contribution in [0.3, 0.4) is 0 Å². The molecule has 4 heteroatoms. The maximum Gasteiger partial charge on any atom is 0.0999 e. The summed E-state index contributed by atoms with van der Waals surface area (Å²) in [5, 5.41) is 11.4. The van der Waals surface area contributed by atoms with Crippen molar-refractivity contribution in [3.05, 3.63) is 99.3 Å². The summed E-state index contributed by atoms with van der Waals surface area (Å²) in [5.41, 5.74) is 11.3. The molecule has 0 aliphatic heterocycles. The Bertz CT molecular complexity index is 1610. The Morgan fingerprint density at radius 1 is 0.804 bits per heavy atom. The van der Waals surface area contributed by atoms with Gasteiger partial charge in [0.1, 0.15) is 0 Å². The van der Waals surface area contributed by atoms with Gasteiger partial charge in [-0.2, -0.15) is 0 Å². The van der Waals surface area contributed by atoms with Gasteiger partial charge in [-0.25, -0.2) is 0 Å². The summed E-state index contributed by atoms with van der Waals surface area (Å²) in [6.45, 7) is 39.0. The van der Waals surface area contributed by atoms with Crippen LogP contribution in [0.5, 0.6) is 0 Å². The molecular formula is C47H73MoNO2. The Hall–Kier alpha value is -2.22. The molecule has 0 heterocycles. The monoisotopic (exact) mass is 781 g/mol. The molecule has 2 aromatic carbocycles. The first-order valence-electron chi connectivity index (χ1n) is 19.2. The minimum atomic E-state index is -0.553. The summed E-state index contributed by atoms with van der Waals surface area (Å²) in [5.74, 6) is 3.84. The number of rotatable bonds is 6. The molecule has 3 nitrogen and oxygen atoms in total. The normalized spacial score (nSPS) is 23.0. The van der Waals surface area contributed by atoms with Crippen molar-refractivity contribution in [1.29, 1.82) is 0 Å². The third kappa shape index (κ3) is 10.7. The molecule has 2 aromatic rings. The van der Waals surface area contributed by atoms with E-state index in [4.69, 9.17) is 3.50 Å². The fourth-order valence-electron chi connectivity index (χ4n) is 8.08. The molecule has 0 saturated carbocycles. The van der Waals surface area contributed by atoms with E-state index >= 15 is 0 Å². The number of nitrogens with zero attached hydrogens (tertiary/aromatic N) is 1. The van der Waals surface area contributed by atoms with Gasteiger partial charge >= 0.3 is 156 Å². The van der Waals surface area contributed by atoms with Gasteiger partial charge in [-0.1, -0.05) is 79.5 Å². The van der Waals surface area contributed by atoms with Crippen LogP contribution in [0.15, 0.2) is 86.2 Å². The molecule has 2 aliphatic rings. The Labute approximate surface area is 321 Å². The average molecular weight is 780 g/mol. The van der Waals surface area contributed by atoms with Crippen LogP contribution >= 0.6 is 0 Å². The van der Waals surface area contributed by atoms with Crippen molar-refractivity contribution in [2.45, 2.75) is 141 Å². The van der Waals surface area contributed by atoms with Gasteiger partial charge in [0.15, 0.2) is 0 Å².